The van der Waals surface area contributed by atoms with Crippen LogP contribution in [0.25, 0.3) is 10.9 Å². The number of rotatable bonds is 3. The number of carboxylic acids is 1. The molecule has 0 unspecified atom stereocenters. The van der Waals surface area contributed by atoms with Gasteiger partial charge in [0.1, 0.15) is 6.04 Å². The Morgan fingerprint density at radius 3 is 2.47 bits per heavy atom. The Morgan fingerprint density at radius 2 is 1.88 bits per heavy atom. The minimum Gasteiger partial charge on any atom is -0.475 e. The zero-order valence-corrected chi connectivity index (χ0v) is 16.1. The molecule has 1 atom stereocenters. The van der Waals surface area contributed by atoms with Gasteiger partial charge in [0.15, 0.2) is 0 Å². The molecule has 2 N–H and O–H groups in total. The van der Waals surface area contributed by atoms with E-state index < -0.39 is 55.4 Å². The molecule has 1 aliphatic rings. The Hall–Kier alpha value is -3.82. The van der Waals surface area contributed by atoms with E-state index in [9.17, 15) is 31.5 Å². The fourth-order valence-corrected chi connectivity index (χ4v) is 2.84. The van der Waals surface area contributed by atoms with Crippen molar-refractivity contribution in [2.75, 3.05) is 13.1 Å². The Balaban J connectivity index is 0.000000451. The first kappa shape index (κ1) is 24.4. The topological polar surface area (TPSA) is 123 Å². The average Bonchev–Trinajstić information content (AvgIpc) is 3.06. The Kier molecular flexibility index (Phi) is 7.29. The largest absolute Gasteiger partial charge is 0.490 e. The van der Waals surface area contributed by atoms with E-state index in [0.717, 1.165) is 4.90 Å². The molecule has 2 amide bonds. The summed E-state index contributed by atoms with van der Waals surface area (Å²) in [6.45, 7) is -1.26. The van der Waals surface area contributed by atoms with Crippen molar-refractivity contribution in [3.63, 3.8) is 0 Å². The summed E-state index contributed by atoms with van der Waals surface area (Å²) < 4.78 is 58.5. The molecule has 2 heterocycles. The number of carbonyl (C=O) groups is 3. The van der Waals surface area contributed by atoms with Crippen LogP contribution >= 0.6 is 0 Å². The number of pyridine rings is 1. The summed E-state index contributed by atoms with van der Waals surface area (Å²) >= 11 is 0. The number of alkyl halides is 5. The summed E-state index contributed by atoms with van der Waals surface area (Å²) in [4.78, 5) is 38.3. The molecule has 2 aromatic rings. The maximum atomic E-state index is 13.4. The lowest BCUT2D eigenvalue weighted by Crippen LogP contribution is -2.43. The van der Waals surface area contributed by atoms with E-state index in [2.05, 4.69) is 10.3 Å². The number of likely N-dealkylation sites (tertiary alicyclic amines) is 1. The van der Waals surface area contributed by atoms with Crippen molar-refractivity contribution in [2.45, 2.75) is 24.6 Å². The fraction of sp³-hybridized carbons (Fsp3) is 0.316. The number of carbonyl (C=O) groups excluding carboxylic acids is 2. The molecule has 1 saturated heterocycles. The third-order valence-corrected chi connectivity index (χ3v) is 4.28. The number of aromatic nitrogens is 1. The van der Waals surface area contributed by atoms with Crippen LogP contribution in [0.2, 0.25) is 0 Å². The van der Waals surface area contributed by atoms with E-state index in [1.807, 2.05) is 0 Å². The monoisotopic (exact) mass is 458 g/mol. The van der Waals surface area contributed by atoms with E-state index in [1.54, 1.807) is 30.3 Å². The molecule has 170 valence electrons. The summed E-state index contributed by atoms with van der Waals surface area (Å²) in [5.74, 6) is -7.06. The highest BCUT2D eigenvalue weighted by atomic mass is 19.4. The van der Waals surface area contributed by atoms with Gasteiger partial charge in [0.25, 0.3) is 11.8 Å². The summed E-state index contributed by atoms with van der Waals surface area (Å²) in [5, 5.41) is 19.1. The lowest BCUT2D eigenvalue weighted by Gasteiger charge is -2.19. The number of hydrogen-bond acceptors (Lipinski definition) is 5. The molecule has 3 rings (SSSR count). The number of amides is 2. The maximum Gasteiger partial charge on any atom is 0.490 e. The minimum atomic E-state index is -5.08. The summed E-state index contributed by atoms with van der Waals surface area (Å²) in [7, 11) is 0. The van der Waals surface area contributed by atoms with Crippen molar-refractivity contribution in [1.29, 1.82) is 5.26 Å². The molecule has 0 aliphatic carbocycles. The van der Waals surface area contributed by atoms with Gasteiger partial charge in [0, 0.05) is 18.0 Å². The van der Waals surface area contributed by atoms with Gasteiger partial charge in [-0.2, -0.15) is 18.4 Å². The number of nitriles is 1. The van der Waals surface area contributed by atoms with Gasteiger partial charge in [-0.3, -0.25) is 14.6 Å². The first-order chi connectivity index (χ1) is 14.9. The van der Waals surface area contributed by atoms with Gasteiger partial charge in [-0.1, -0.05) is 18.2 Å². The zero-order chi connectivity index (χ0) is 24.1. The predicted octanol–water partition coefficient (Wildman–Crippen LogP) is 2.36. The van der Waals surface area contributed by atoms with Crippen molar-refractivity contribution >= 4 is 28.7 Å². The van der Waals surface area contributed by atoms with E-state index >= 15 is 0 Å². The third-order valence-electron chi connectivity index (χ3n) is 4.28. The van der Waals surface area contributed by atoms with Crippen LogP contribution in [-0.2, 0) is 9.59 Å². The molecular formula is C19H15F5N4O4. The number of nitrogens with one attached hydrogen (secondary N) is 1. The highest BCUT2D eigenvalue weighted by Gasteiger charge is 2.47. The van der Waals surface area contributed by atoms with Gasteiger partial charge in [0.2, 0.25) is 5.91 Å². The summed E-state index contributed by atoms with van der Waals surface area (Å²) in [5.41, 5.74) is 0.965. The van der Waals surface area contributed by atoms with E-state index in [1.165, 1.54) is 12.3 Å². The average molecular weight is 458 g/mol. The molecule has 1 aromatic heterocycles. The van der Waals surface area contributed by atoms with Gasteiger partial charge < -0.3 is 15.3 Å². The number of carboxylic acid groups (broad SMARTS) is 1. The molecule has 0 radical (unpaired) electrons. The Morgan fingerprint density at radius 1 is 1.25 bits per heavy atom. The maximum absolute atomic E-state index is 13.4. The van der Waals surface area contributed by atoms with Gasteiger partial charge in [0.05, 0.1) is 30.2 Å². The van der Waals surface area contributed by atoms with Gasteiger partial charge >= 0.3 is 12.1 Å². The lowest BCUT2D eigenvalue weighted by molar-refractivity contribution is -0.192. The minimum absolute atomic E-state index is 0.335. The normalized spacial score (nSPS) is 17.1. The van der Waals surface area contributed by atoms with E-state index in [4.69, 9.17) is 15.2 Å². The molecule has 0 saturated carbocycles. The Bertz CT molecular complexity index is 1060. The van der Waals surface area contributed by atoms with Crippen molar-refractivity contribution in [3.05, 3.63) is 42.1 Å². The quantitative estimate of drug-likeness (QED) is 0.681. The van der Waals surface area contributed by atoms with Crippen LogP contribution in [0.1, 0.15) is 16.8 Å². The number of benzene rings is 1. The second kappa shape index (κ2) is 9.54. The smallest absolute Gasteiger partial charge is 0.475 e. The second-order valence-electron chi connectivity index (χ2n) is 6.59. The van der Waals surface area contributed by atoms with Crippen molar-refractivity contribution in [1.82, 2.24) is 15.2 Å². The fourth-order valence-electron chi connectivity index (χ4n) is 2.84. The van der Waals surface area contributed by atoms with Gasteiger partial charge in [-0.05, 0) is 12.1 Å². The molecule has 1 aliphatic heterocycles. The van der Waals surface area contributed by atoms with Crippen LogP contribution in [-0.4, -0.2) is 64.0 Å². The summed E-state index contributed by atoms with van der Waals surface area (Å²) in [6.07, 6.45) is -4.29. The van der Waals surface area contributed by atoms with Crippen LogP contribution in [0.3, 0.4) is 0 Å². The number of halogens is 5. The molecule has 32 heavy (non-hydrogen) atoms. The van der Waals surface area contributed by atoms with Gasteiger partial charge in [-0.25, -0.2) is 13.6 Å². The van der Waals surface area contributed by atoms with E-state index in [0.29, 0.717) is 16.5 Å². The molecule has 0 bridgehead atoms. The first-order valence-corrected chi connectivity index (χ1v) is 8.84. The SMILES string of the molecule is N#C[C@@H]1CC(F)(F)CN1C(=O)CNC(=O)c1ccnc2ccccc12.O=C(O)C(F)(F)F. The molecule has 0 spiro atoms. The molecular weight excluding hydrogens is 443 g/mol. The van der Waals surface area contributed by atoms with Crippen LogP contribution in [0.5, 0.6) is 0 Å². The second-order valence-corrected chi connectivity index (χ2v) is 6.59. The molecule has 1 aromatic carbocycles. The zero-order valence-electron chi connectivity index (χ0n) is 16.1. The first-order valence-electron chi connectivity index (χ1n) is 8.84. The predicted molar refractivity (Wildman–Crippen MR) is 98.4 cm³/mol. The number of aliphatic carboxylic acids is 1. The number of para-hydroxylation sites is 1. The lowest BCUT2D eigenvalue weighted by atomic mass is 10.1. The van der Waals surface area contributed by atoms with Crippen molar-refractivity contribution in [2.24, 2.45) is 0 Å². The Labute approximate surface area is 177 Å². The number of fused-ring (bicyclic) bond motifs is 1. The molecule has 13 heteroatoms. The third kappa shape index (κ3) is 6.10. The van der Waals surface area contributed by atoms with Crippen molar-refractivity contribution in [3.8, 4) is 6.07 Å². The standard InChI is InChI=1S/C17H14F2N4O2.C2HF3O2/c18-17(19)7-11(8-20)23(10-17)15(24)9-22-16(25)13-5-6-21-14-4-2-1-3-12(13)14;3-2(4,5)1(6)7/h1-6,11H,7,9-10H2,(H,22,25);(H,6,7)/t11-;/m0./s1. The van der Waals surface area contributed by atoms with E-state index in [-0.39, 0.29) is 0 Å². The highest BCUT2D eigenvalue weighted by molar-refractivity contribution is 6.06. The number of hydrogen-bond donors (Lipinski definition) is 2. The molecule has 8 nitrogen and oxygen atoms in total. The van der Waals surface area contributed by atoms with Crippen LogP contribution in [0.15, 0.2) is 36.5 Å². The van der Waals surface area contributed by atoms with Crippen LogP contribution in [0.4, 0.5) is 22.0 Å². The van der Waals surface area contributed by atoms with Crippen LogP contribution < -0.4 is 5.32 Å². The molecule has 1 fully saturated rings. The van der Waals surface area contributed by atoms with Crippen LogP contribution in [0, 0.1) is 11.3 Å². The van der Waals surface area contributed by atoms with Gasteiger partial charge in [-0.15, -0.1) is 0 Å². The van der Waals surface area contributed by atoms with Crippen molar-refractivity contribution < 1.29 is 41.4 Å². The highest BCUT2D eigenvalue weighted by Crippen LogP contribution is 2.31. The number of nitrogens with zero attached hydrogens (tertiary/aromatic N) is 3. The summed E-state index contributed by atoms with van der Waals surface area (Å²) in [6, 6.07) is 9.06.